The van der Waals surface area contributed by atoms with Crippen molar-refractivity contribution in [3.8, 4) is 16.9 Å². The fourth-order valence-corrected chi connectivity index (χ4v) is 1.66. The Labute approximate surface area is 92.2 Å². The van der Waals surface area contributed by atoms with Crippen LogP contribution in [0.25, 0.3) is 11.1 Å². The fraction of sp³-hybridized carbons (Fsp3) is 0.0909. The van der Waals surface area contributed by atoms with Crippen LogP contribution in [0.3, 0.4) is 0 Å². The van der Waals surface area contributed by atoms with Crippen molar-refractivity contribution in [2.45, 2.75) is 5.03 Å². The van der Waals surface area contributed by atoms with E-state index in [0.29, 0.717) is 0 Å². The molecular formula is C11H10N2OS. The van der Waals surface area contributed by atoms with E-state index in [-0.39, 0.29) is 5.75 Å². The Bertz CT molecular complexity index is 474. The Morgan fingerprint density at radius 2 is 2.07 bits per heavy atom. The van der Waals surface area contributed by atoms with Gasteiger partial charge in [-0.15, -0.1) is 16.9 Å². The summed E-state index contributed by atoms with van der Waals surface area (Å²) < 4.78 is 0. The molecule has 4 heteroatoms. The van der Waals surface area contributed by atoms with Crippen LogP contribution in [-0.2, 0) is 0 Å². The molecule has 76 valence electrons. The lowest BCUT2D eigenvalue weighted by atomic mass is 10.1. The number of aromatic hydroxyl groups is 1. The van der Waals surface area contributed by atoms with Crippen LogP contribution < -0.4 is 0 Å². The zero-order chi connectivity index (χ0) is 10.7. The molecule has 0 aliphatic rings. The third-order valence-electron chi connectivity index (χ3n) is 2.02. The van der Waals surface area contributed by atoms with Crippen LogP contribution in [0.5, 0.6) is 5.75 Å². The quantitative estimate of drug-likeness (QED) is 0.787. The number of aromatic nitrogens is 2. The van der Waals surface area contributed by atoms with Gasteiger partial charge in [-0.3, -0.25) is 0 Å². The van der Waals surface area contributed by atoms with Crippen molar-refractivity contribution < 1.29 is 5.11 Å². The zero-order valence-electron chi connectivity index (χ0n) is 8.21. The fourth-order valence-electron chi connectivity index (χ4n) is 1.29. The zero-order valence-corrected chi connectivity index (χ0v) is 9.03. The number of nitrogens with zero attached hydrogens (tertiary/aromatic N) is 2. The molecule has 0 amide bonds. The first-order chi connectivity index (χ1) is 7.29. The van der Waals surface area contributed by atoms with E-state index in [1.807, 2.05) is 24.5 Å². The average molecular weight is 218 g/mol. The van der Waals surface area contributed by atoms with Crippen molar-refractivity contribution in [2.75, 3.05) is 6.26 Å². The Balaban J connectivity index is 2.44. The van der Waals surface area contributed by atoms with Crippen LogP contribution >= 0.6 is 11.8 Å². The third kappa shape index (κ3) is 2.27. The topological polar surface area (TPSA) is 46.0 Å². The van der Waals surface area contributed by atoms with E-state index in [2.05, 4.69) is 10.2 Å². The molecule has 0 aliphatic heterocycles. The largest absolute Gasteiger partial charge is 0.508 e. The predicted octanol–water partition coefficient (Wildman–Crippen LogP) is 2.57. The maximum absolute atomic E-state index is 9.36. The van der Waals surface area contributed by atoms with Gasteiger partial charge in [0.05, 0.1) is 6.20 Å². The van der Waals surface area contributed by atoms with Crippen LogP contribution in [0.2, 0.25) is 0 Å². The van der Waals surface area contributed by atoms with Crippen molar-refractivity contribution in [2.24, 2.45) is 0 Å². The summed E-state index contributed by atoms with van der Waals surface area (Å²) in [5.41, 5.74) is 1.91. The summed E-state index contributed by atoms with van der Waals surface area (Å²) >= 11 is 1.55. The highest BCUT2D eigenvalue weighted by Crippen LogP contribution is 2.24. The van der Waals surface area contributed by atoms with E-state index in [0.717, 1.165) is 16.2 Å². The minimum atomic E-state index is 0.259. The molecule has 0 aliphatic carbocycles. The number of phenols is 1. The van der Waals surface area contributed by atoms with Crippen molar-refractivity contribution in [1.82, 2.24) is 10.2 Å². The van der Waals surface area contributed by atoms with Gasteiger partial charge in [-0.1, -0.05) is 12.1 Å². The smallest absolute Gasteiger partial charge is 0.119 e. The molecule has 0 fully saturated rings. The monoisotopic (exact) mass is 218 g/mol. The molecule has 2 aromatic rings. The molecule has 0 radical (unpaired) electrons. The normalized spacial score (nSPS) is 10.2. The molecule has 0 unspecified atom stereocenters. The second-order valence-corrected chi connectivity index (χ2v) is 3.86. The van der Waals surface area contributed by atoms with E-state index in [4.69, 9.17) is 0 Å². The molecule has 15 heavy (non-hydrogen) atoms. The van der Waals surface area contributed by atoms with Gasteiger partial charge in [0.15, 0.2) is 0 Å². The lowest BCUT2D eigenvalue weighted by Crippen LogP contribution is -1.86. The van der Waals surface area contributed by atoms with Gasteiger partial charge in [-0.05, 0) is 30.0 Å². The number of hydrogen-bond donors (Lipinski definition) is 1. The molecule has 0 bridgehead atoms. The summed E-state index contributed by atoms with van der Waals surface area (Å²) in [4.78, 5) is 0. The first kappa shape index (κ1) is 9.98. The molecule has 3 nitrogen and oxygen atoms in total. The lowest BCUT2D eigenvalue weighted by molar-refractivity contribution is 0.475. The SMILES string of the molecule is CSc1cc(-c2cccc(O)c2)cnn1. The summed E-state index contributed by atoms with van der Waals surface area (Å²) in [5, 5.41) is 18.1. The van der Waals surface area contributed by atoms with Gasteiger partial charge in [0.1, 0.15) is 10.8 Å². The molecule has 1 heterocycles. The highest BCUT2D eigenvalue weighted by molar-refractivity contribution is 7.98. The molecule has 0 atom stereocenters. The van der Waals surface area contributed by atoms with Crippen molar-refractivity contribution in [1.29, 1.82) is 0 Å². The maximum atomic E-state index is 9.36. The van der Waals surface area contributed by atoms with E-state index in [9.17, 15) is 5.11 Å². The summed E-state index contributed by atoms with van der Waals surface area (Å²) in [6.45, 7) is 0. The van der Waals surface area contributed by atoms with Crippen LogP contribution in [0.1, 0.15) is 0 Å². The minimum absolute atomic E-state index is 0.259. The summed E-state index contributed by atoms with van der Waals surface area (Å²) in [6, 6.07) is 9.05. The van der Waals surface area contributed by atoms with Crippen molar-refractivity contribution in [3.05, 3.63) is 36.5 Å². The molecule has 1 N–H and O–H groups in total. The Morgan fingerprint density at radius 3 is 2.80 bits per heavy atom. The molecule has 0 spiro atoms. The molecule has 0 saturated heterocycles. The predicted molar refractivity (Wildman–Crippen MR) is 60.9 cm³/mol. The molecule has 0 saturated carbocycles. The summed E-state index contributed by atoms with van der Waals surface area (Å²) in [7, 11) is 0. The number of hydrogen-bond acceptors (Lipinski definition) is 4. The minimum Gasteiger partial charge on any atom is -0.508 e. The van der Waals surface area contributed by atoms with E-state index >= 15 is 0 Å². The average Bonchev–Trinajstić information content (AvgIpc) is 2.29. The maximum Gasteiger partial charge on any atom is 0.119 e. The van der Waals surface area contributed by atoms with Crippen LogP contribution in [0.4, 0.5) is 0 Å². The first-order valence-corrected chi connectivity index (χ1v) is 5.68. The van der Waals surface area contributed by atoms with Gasteiger partial charge in [0.25, 0.3) is 0 Å². The van der Waals surface area contributed by atoms with E-state index < -0.39 is 0 Å². The van der Waals surface area contributed by atoms with Gasteiger partial charge in [-0.25, -0.2) is 0 Å². The number of phenolic OH excluding ortho intramolecular Hbond substituents is 1. The summed E-state index contributed by atoms with van der Waals surface area (Å²) in [6.07, 6.45) is 3.64. The number of benzene rings is 1. The number of thioether (sulfide) groups is 1. The van der Waals surface area contributed by atoms with E-state index in [1.54, 1.807) is 30.1 Å². The second-order valence-electron chi connectivity index (χ2n) is 3.04. The summed E-state index contributed by atoms with van der Waals surface area (Å²) in [5.74, 6) is 0.259. The van der Waals surface area contributed by atoms with Crippen LogP contribution in [0, 0.1) is 0 Å². The Kier molecular flexibility index (Phi) is 2.87. The van der Waals surface area contributed by atoms with Crippen LogP contribution in [0.15, 0.2) is 41.6 Å². The lowest BCUT2D eigenvalue weighted by Gasteiger charge is -2.02. The molecule has 1 aromatic carbocycles. The van der Waals surface area contributed by atoms with Crippen molar-refractivity contribution in [3.63, 3.8) is 0 Å². The number of rotatable bonds is 2. The van der Waals surface area contributed by atoms with E-state index in [1.165, 1.54) is 0 Å². The highest BCUT2D eigenvalue weighted by atomic mass is 32.2. The van der Waals surface area contributed by atoms with Gasteiger partial charge in [0.2, 0.25) is 0 Å². The van der Waals surface area contributed by atoms with Gasteiger partial charge in [-0.2, -0.15) is 5.10 Å². The first-order valence-electron chi connectivity index (χ1n) is 4.46. The van der Waals surface area contributed by atoms with Gasteiger partial charge in [0, 0.05) is 5.56 Å². The molecular weight excluding hydrogens is 208 g/mol. The molecule has 2 rings (SSSR count). The van der Waals surface area contributed by atoms with Gasteiger partial charge >= 0.3 is 0 Å². The Hall–Kier alpha value is -1.55. The van der Waals surface area contributed by atoms with Gasteiger partial charge < -0.3 is 5.11 Å². The van der Waals surface area contributed by atoms with Crippen LogP contribution in [-0.4, -0.2) is 21.6 Å². The Morgan fingerprint density at radius 1 is 1.20 bits per heavy atom. The third-order valence-corrected chi connectivity index (χ3v) is 2.64. The second kappa shape index (κ2) is 4.31. The highest BCUT2D eigenvalue weighted by Gasteiger charge is 2.01. The van der Waals surface area contributed by atoms with Crippen molar-refractivity contribution >= 4 is 11.8 Å². The molecule has 1 aromatic heterocycles. The standard InChI is InChI=1S/C11H10N2OS/c1-15-11-6-9(7-12-13-11)8-3-2-4-10(14)5-8/h2-7,14H,1H3.